The summed E-state index contributed by atoms with van der Waals surface area (Å²) in [5.74, 6) is -0.146. The lowest BCUT2D eigenvalue weighted by Gasteiger charge is -2.20. The Balaban J connectivity index is 2.21. The smallest absolute Gasteiger partial charge is 0.307 e. The molecule has 0 amide bonds. The summed E-state index contributed by atoms with van der Waals surface area (Å²) in [7, 11) is 0. The summed E-state index contributed by atoms with van der Waals surface area (Å²) in [5.41, 5.74) is 0.909. The molecule has 3 nitrogen and oxygen atoms in total. The number of rotatable bonds is 6. The lowest BCUT2D eigenvalue weighted by molar-refractivity contribution is -0.154. The van der Waals surface area contributed by atoms with Gasteiger partial charge in [0.25, 0.3) is 0 Å². The minimum Gasteiger partial charge on any atom is -0.460 e. The molecule has 1 aromatic carbocycles. The summed E-state index contributed by atoms with van der Waals surface area (Å²) < 4.78 is 5.26. The van der Waals surface area contributed by atoms with Crippen LogP contribution in [-0.2, 0) is 16.0 Å². The van der Waals surface area contributed by atoms with Gasteiger partial charge in [-0.2, -0.15) is 0 Å². The van der Waals surface area contributed by atoms with E-state index in [2.05, 4.69) is 24.4 Å². The highest BCUT2D eigenvalue weighted by molar-refractivity contribution is 5.70. The average Bonchev–Trinajstić information content (AvgIpc) is 2.27. The van der Waals surface area contributed by atoms with Crippen LogP contribution in [0.4, 0.5) is 0 Å². The predicted molar refractivity (Wildman–Crippen MR) is 78.1 cm³/mol. The molecule has 1 unspecified atom stereocenters. The first kappa shape index (κ1) is 15.7. The largest absolute Gasteiger partial charge is 0.460 e. The van der Waals surface area contributed by atoms with Crippen molar-refractivity contribution < 1.29 is 9.53 Å². The number of carbonyl (C=O) groups is 1. The van der Waals surface area contributed by atoms with Crippen molar-refractivity contribution in [2.24, 2.45) is 0 Å². The van der Waals surface area contributed by atoms with Crippen LogP contribution in [0, 0.1) is 0 Å². The molecule has 19 heavy (non-hydrogen) atoms. The molecule has 0 aliphatic rings. The minimum atomic E-state index is -0.396. The van der Waals surface area contributed by atoms with Crippen molar-refractivity contribution in [2.45, 2.75) is 52.2 Å². The number of nitrogens with one attached hydrogen (secondary N) is 1. The van der Waals surface area contributed by atoms with Crippen LogP contribution in [0.25, 0.3) is 0 Å². The maximum absolute atomic E-state index is 11.5. The van der Waals surface area contributed by atoms with Crippen LogP contribution in [0.15, 0.2) is 30.3 Å². The fraction of sp³-hybridized carbons (Fsp3) is 0.562. The second kappa shape index (κ2) is 7.29. The monoisotopic (exact) mass is 263 g/mol. The fourth-order valence-electron chi connectivity index (χ4n) is 1.85. The van der Waals surface area contributed by atoms with E-state index < -0.39 is 5.60 Å². The molecule has 1 rings (SSSR count). The molecule has 0 saturated heterocycles. The molecule has 1 atom stereocenters. The predicted octanol–water partition coefficient (Wildman–Crippen LogP) is 2.94. The molecule has 0 bridgehead atoms. The molecule has 0 saturated carbocycles. The maximum atomic E-state index is 11.5. The van der Waals surface area contributed by atoms with E-state index in [0.29, 0.717) is 19.0 Å². The fourth-order valence-corrected chi connectivity index (χ4v) is 1.85. The molecule has 106 valence electrons. The van der Waals surface area contributed by atoms with Gasteiger partial charge in [0, 0.05) is 12.6 Å². The van der Waals surface area contributed by atoms with Gasteiger partial charge >= 0.3 is 5.97 Å². The summed E-state index contributed by atoms with van der Waals surface area (Å²) in [4.78, 5) is 11.5. The minimum absolute atomic E-state index is 0.146. The van der Waals surface area contributed by atoms with Crippen LogP contribution < -0.4 is 5.32 Å². The van der Waals surface area contributed by atoms with E-state index in [9.17, 15) is 4.79 Å². The van der Waals surface area contributed by atoms with Crippen LogP contribution in [-0.4, -0.2) is 24.2 Å². The molecule has 1 N–H and O–H groups in total. The Hall–Kier alpha value is -1.35. The number of ether oxygens (including phenoxy) is 1. The molecule has 0 aliphatic carbocycles. The zero-order valence-electron chi connectivity index (χ0n) is 12.4. The highest BCUT2D eigenvalue weighted by Crippen LogP contribution is 2.08. The van der Waals surface area contributed by atoms with Crippen molar-refractivity contribution in [2.75, 3.05) is 6.54 Å². The van der Waals surface area contributed by atoms with Gasteiger partial charge in [0.05, 0.1) is 6.42 Å². The number of hydrogen-bond donors (Lipinski definition) is 1. The topological polar surface area (TPSA) is 38.3 Å². The van der Waals surface area contributed by atoms with Crippen LogP contribution in [0.5, 0.6) is 0 Å². The van der Waals surface area contributed by atoms with Crippen molar-refractivity contribution in [3.63, 3.8) is 0 Å². The highest BCUT2D eigenvalue weighted by Gasteiger charge is 2.15. The third-order valence-corrected chi connectivity index (χ3v) is 2.63. The number of esters is 1. The molecule has 0 fully saturated rings. The molecule has 0 radical (unpaired) electrons. The number of carbonyl (C=O) groups excluding carboxylic acids is 1. The van der Waals surface area contributed by atoms with E-state index in [1.54, 1.807) is 0 Å². The Kier molecular flexibility index (Phi) is 6.03. The van der Waals surface area contributed by atoms with Gasteiger partial charge in [-0.1, -0.05) is 30.3 Å². The van der Waals surface area contributed by atoms with Gasteiger partial charge in [-0.15, -0.1) is 0 Å². The number of benzene rings is 1. The molecular weight excluding hydrogens is 238 g/mol. The summed E-state index contributed by atoms with van der Waals surface area (Å²) in [6.07, 6.45) is 1.38. The third kappa shape index (κ3) is 7.62. The molecular formula is C16H25NO2. The molecule has 3 heteroatoms. The molecule has 0 aliphatic heterocycles. The Morgan fingerprint density at radius 2 is 1.89 bits per heavy atom. The summed E-state index contributed by atoms with van der Waals surface area (Å²) in [5, 5.41) is 3.35. The standard InChI is InChI=1S/C16H25NO2/c1-13(12-14-8-6-5-7-9-14)17-11-10-15(18)19-16(2,3)4/h5-9,13,17H,10-12H2,1-4H3. The summed E-state index contributed by atoms with van der Waals surface area (Å²) in [6, 6.07) is 10.7. The SMILES string of the molecule is CC(Cc1ccccc1)NCCC(=O)OC(C)(C)C. The Morgan fingerprint density at radius 1 is 1.26 bits per heavy atom. The molecule has 0 spiro atoms. The van der Waals surface area contributed by atoms with Crippen LogP contribution in [0.3, 0.4) is 0 Å². The van der Waals surface area contributed by atoms with Gasteiger partial charge in [0.1, 0.15) is 5.60 Å². The van der Waals surface area contributed by atoms with Crippen LogP contribution >= 0.6 is 0 Å². The molecule has 1 aromatic rings. The van der Waals surface area contributed by atoms with Gasteiger partial charge < -0.3 is 10.1 Å². The van der Waals surface area contributed by atoms with E-state index in [1.165, 1.54) is 5.56 Å². The lowest BCUT2D eigenvalue weighted by Crippen LogP contribution is -2.32. The van der Waals surface area contributed by atoms with E-state index in [4.69, 9.17) is 4.74 Å². The second-order valence-corrected chi connectivity index (χ2v) is 5.88. The zero-order valence-corrected chi connectivity index (χ0v) is 12.4. The molecule has 0 heterocycles. The Labute approximate surface area is 116 Å². The van der Waals surface area contributed by atoms with Crippen LogP contribution in [0.2, 0.25) is 0 Å². The first-order chi connectivity index (χ1) is 8.87. The van der Waals surface area contributed by atoms with Gasteiger partial charge in [-0.3, -0.25) is 4.79 Å². The average molecular weight is 263 g/mol. The normalized spacial score (nSPS) is 13.1. The van der Waals surface area contributed by atoms with E-state index in [-0.39, 0.29) is 5.97 Å². The van der Waals surface area contributed by atoms with Gasteiger partial charge in [-0.25, -0.2) is 0 Å². The van der Waals surface area contributed by atoms with Gasteiger partial charge in [0.15, 0.2) is 0 Å². The number of hydrogen-bond acceptors (Lipinski definition) is 3. The van der Waals surface area contributed by atoms with Gasteiger partial charge in [0.2, 0.25) is 0 Å². The summed E-state index contributed by atoms with van der Waals surface area (Å²) in [6.45, 7) is 8.44. The van der Waals surface area contributed by atoms with E-state index in [1.807, 2.05) is 39.0 Å². The van der Waals surface area contributed by atoms with Crippen molar-refractivity contribution in [3.05, 3.63) is 35.9 Å². The van der Waals surface area contributed by atoms with Crippen molar-refractivity contribution >= 4 is 5.97 Å². The quantitative estimate of drug-likeness (QED) is 0.802. The molecule has 0 aromatic heterocycles. The Morgan fingerprint density at radius 3 is 2.47 bits per heavy atom. The highest BCUT2D eigenvalue weighted by atomic mass is 16.6. The third-order valence-electron chi connectivity index (χ3n) is 2.63. The van der Waals surface area contributed by atoms with E-state index >= 15 is 0 Å². The van der Waals surface area contributed by atoms with E-state index in [0.717, 1.165) is 6.42 Å². The van der Waals surface area contributed by atoms with Crippen molar-refractivity contribution in [1.29, 1.82) is 0 Å². The van der Waals surface area contributed by atoms with Crippen LogP contribution in [0.1, 0.15) is 39.7 Å². The van der Waals surface area contributed by atoms with Crippen molar-refractivity contribution in [1.82, 2.24) is 5.32 Å². The van der Waals surface area contributed by atoms with Crippen molar-refractivity contribution in [3.8, 4) is 0 Å². The summed E-state index contributed by atoms with van der Waals surface area (Å²) >= 11 is 0. The first-order valence-electron chi connectivity index (χ1n) is 6.86. The van der Waals surface area contributed by atoms with Gasteiger partial charge in [-0.05, 0) is 39.7 Å². The lowest BCUT2D eigenvalue weighted by atomic mass is 10.1. The Bertz CT molecular complexity index is 381. The first-order valence-corrected chi connectivity index (χ1v) is 6.86. The zero-order chi connectivity index (χ0) is 14.3. The maximum Gasteiger partial charge on any atom is 0.307 e. The second-order valence-electron chi connectivity index (χ2n) is 5.88.